The smallest absolute Gasteiger partial charge is 0.243 e. The lowest BCUT2D eigenvalue weighted by Gasteiger charge is -2.20. The summed E-state index contributed by atoms with van der Waals surface area (Å²) < 4.78 is 40.6. The van der Waals surface area contributed by atoms with Crippen molar-refractivity contribution < 1.29 is 17.9 Å². The number of benzene rings is 2. The number of aromatic nitrogens is 1. The van der Waals surface area contributed by atoms with Crippen molar-refractivity contribution in [3.05, 3.63) is 58.7 Å². The Morgan fingerprint density at radius 3 is 2.24 bits per heavy atom. The molecule has 34 heavy (non-hydrogen) atoms. The molecule has 0 radical (unpaired) electrons. The fourth-order valence-electron chi connectivity index (χ4n) is 4.04. The number of hydrogen-bond donors (Lipinski definition) is 0. The average molecular weight is 502 g/mol. The minimum atomic E-state index is -3.47. The van der Waals surface area contributed by atoms with Gasteiger partial charge in [0, 0.05) is 32.1 Å². The van der Waals surface area contributed by atoms with E-state index >= 15 is 0 Å². The number of hydrogen-bond acceptors (Lipinski definition) is 6. The Hall–Kier alpha value is -2.46. The maximum absolute atomic E-state index is 13.1. The van der Waals surface area contributed by atoms with Crippen LogP contribution in [0, 0.1) is 0 Å². The van der Waals surface area contributed by atoms with Crippen LogP contribution in [-0.2, 0) is 21.3 Å². The van der Waals surface area contributed by atoms with Gasteiger partial charge in [0.25, 0.3) is 0 Å². The zero-order valence-electron chi connectivity index (χ0n) is 19.6. The van der Waals surface area contributed by atoms with Gasteiger partial charge in [0.15, 0.2) is 4.80 Å². The van der Waals surface area contributed by atoms with E-state index in [9.17, 15) is 8.42 Å². The maximum Gasteiger partial charge on any atom is 0.243 e. The van der Waals surface area contributed by atoms with Crippen LogP contribution in [0.4, 0.5) is 5.69 Å². The van der Waals surface area contributed by atoms with Gasteiger partial charge in [0.1, 0.15) is 5.75 Å². The lowest BCUT2D eigenvalue weighted by molar-refractivity contribution is 0.187. The predicted molar refractivity (Wildman–Crippen MR) is 135 cm³/mol. The normalized spacial score (nSPS) is 15.9. The zero-order valence-corrected chi connectivity index (χ0v) is 21.3. The maximum atomic E-state index is 13.1. The topological polar surface area (TPSA) is 73.1 Å². The molecule has 0 bridgehead atoms. The first kappa shape index (κ1) is 24.7. The van der Waals surface area contributed by atoms with Crippen molar-refractivity contribution in [3.8, 4) is 17.0 Å². The van der Waals surface area contributed by atoms with E-state index in [2.05, 4.69) is 9.95 Å². The molecule has 1 aliphatic heterocycles. The molecular formula is C25H31N3O4S2. The molecule has 2 aromatic carbocycles. The fraction of sp³-hybridized carbons (Fsp3) is 0.400. The average Bonchev–Trinajstić information content (AvgIpc) is 3.05. The first-order valence-electron chi connectivity index (χ1n) is 11.5. The van der Waals surface area contributed by atoms with E-state index < -0.39 is 10.0 Å². The van der Waals surface area contributed by atoms with Crippen molar-refractivity contribution in [1.29, 1.82) is 0 Å². The van der Waals surface area contributed by atoms with Crippen molar-refractivity contribution in [2.24, 2.45) is 4.99 Å². The molecule has 3 aromatic rings. The highest BCUT2D eigenvalue weighted by atomic mass is 32.2. The first-order valence-corrected chi connectivity index (χ1v) is 13.8. The molecule has 4 rings (SSSR count). The van der Waals surface area contributed by atoms with Gasteiger partial charge in [-0.15, -0.1) is 11.3 Å². The second-order valence-electron chi connectivity index (χ2n) is 8.20. The summed E-state index contributed by atoms with van der Waals surface area (Å²) in [6.07, 6.45) is 4.03. The van der Waals surface area contributed by atoms with Crippen LogP contribution in [0.1, 0.15) is 25.7 Å². The Kier molecular flexibility index (Phi) is 8.20. The summed E-state index contributed by atoms with van der Waals surface area (Å²) in [6, 6.07) is 14.8. The summed E-state index contributed by atoms with van der Waals surface area (Å²) in [5.74, 6) is 0.785. The van der Waals surface area contributed by atoms with Crippen LogP contribution in [0.25, 0.3) is 11.3 Å². The van der Waals surface area contributed by atoms with Crippen LogP contribution in [0.3, 0.4) is 0 Å². The number of methoxy groups -OCH3 is 2. The van der Waals surface area contributed by atoms with E-state index in [1.807, 2.05) is 36.4 Å². The SMILES string of the molecule is COCCn1c(-c2ccc(S(=O)(=O)N3CCCCCC3)cc2)csc1=Nc1ccc(OC)cc1. The number of sulfonamides is 1. The molecule has 0 amide bonds. The third-order valence-corrected chi connectivity index (χ3v) is 8.74. The zero-order chi connectivity index (χ0) is 24.0. The summed E-state index contributed by atoms with van der Waals surface area (Å²) in [5.41, 5.74) is 2.76. The minimum Gasteiger partial charge on any atom is -0.497 e. The number of ether oxygens (including phenoxy) is 2. The molecule has 1 aromatic heterocycles. The van der Waals surface area contributed by atoms with Gasteiger partial charge in [-0.05, 0) is 54.8 Å². The van der Waals surface area contributed by atoms with Gasteiger partial charge in [0.05, 0.1) is 30.0 Å². The summed E-state index contributed by atoms with van der Waals surface area (Å²) in [6.45, 7) is 2.38. The third-order valence-electron chi connectivity index (χ3n) is 5.97. The van der Waals surface area contributed by atoms with E-state index in [4.69, 9.17) is 14.5 Å². The van der Waals surface area contributed by atoms with Gasteiger partial charge in [0.2, 0.25) is 10.0 Å². The van der Waals surface area contributed by atoms with Gasteiger partial charge in [-0.25, -0.2) is 13.4 Å². The lowest BCUT2D eigenvalue weighted by Crippen LogP contribution is -2.31. The minimum absolute atomic E-state index is 0.347. The number of thiazole rings is 1. The molecule has 1 saturated heterocycles. The van der Waals surface area contributed by atoms with Crippen LogP contribution >= 0.6 is 11.3 Å². The molecule has 0 aliphatic carbocycles. The quantitative estimate of drug-likeness (QED) is 0.450. The van der Waals surface area contributed by atoms with Crippen LogP contribution in [0.2, 0.25) is 0 Å². The Morgan fingerprint density at radius 1 is 0.941 bits per heavy atom. The van der Waals surface area contributed by atoms with Gasteiger partial charge in [-0.3, -0.25) is 0 Å². The summed E-state index contributed by atoms with van der Waals surface area (Å²) in [7, 11) is -0.154. The van der Waals surface area contributed by atoms with Crippen LogP contribution in [0.5, 0.6) is 5.75 Å². The second-order valence-corrected chi connectivity index (χ2v) is 11.0. The highest BCUT2D eigenvalue weighted by Gasteiger charge is 2.25. The molecule has 0 N–H and O–H groups in total. The molecule has 2 heterocycles. The van der Waals surface area contributed by atoms with Gasteiger partial charge < -0.3 is 14.0 Å². The van der Waals surface area contributed by atoms with E-state index in [0.29, 0.717) is 31.1 Å². The Balaban J connectivity index is 1.65. The van der Waals surface area contributed by atoms with Crippen LogP contribution in [-0.4, -0.2) is 51.2 Å². The number of nitrogens with zero attached hydrogens (tertiary/aromatic N) is 3. The molecule has 7 nitrogen and oxygen atoms in total. The van der Waals surface area contributed by atoms with Crippen molar-refractivity contribution in [2.45, 2.75) is 37.1 Å². The van der Waals surface area contributed by atoms with Gasteiger partial charge in [-0.2, -0.15) is 4.31 Å². The standard InChI is InChI=1S/C25H31N3O4S2/c1-31-18-17-28-24(19-33-25(28)26-21-9-11-22(32-2)12-10-21)20-7-13-23(14-8-20)34(29,30)27-15-5-3-4-6-16-27/h7-14,19H,3-6,15-18H2,1-2H3. The van der Waals surface area contributed by atoms with Gasteiger partial charge >= 0.3 is 0 Å². The molecule has 1 fully saturated rings. The fourth-order valence-corrected chi connectivity index (χ4v) is 6.52. The van der Waals surface area contributed by atoms with Crippen molar-refractivity contribution in [2.75, 3.05) is 33.9 Å². The van der Waals surface area contributed by atoms with E-state index in [1.165, 1.54) is 0 Å². The predicted octanol–water partition coefficient (Wildman–Crippen LogP) is 4.67. The highest BCUT2D eigenvalue weighted by molar-refractivity contribution is 7.89. The summed E-state index contributed by atoms with van der Waals surface area (Å²) in [4.78, 5) is 6.00. The largest absolute Gasteiger partial charge is 0.497 e. The van der Waals surface area contributed by atoms with Crippen LogP contribution < -0.4 is 9.54 Å². The summed E-state index contributed by atoms with van der Waals surface area (Å²) >= 11 is 1.54. The number of rotatable bonds is 8. The third kappa shape index (κ3) is 5.60. The van der Waals surface area contributed by atoms with E-state index in [1.54, 1.807) is 42.0 Å². The second kappa shape index (κ2) is 11.3. The molecule has 0 atom stereocenters. The Morgan fingerprint density at radius 2 is 1.62 bits per heavy atom. The molecule has 0 spiro atoms. The molecule has 182 valence electrons. The van der Waals surface area contributed by atoms with E-state index in [0.717, 1.165) is 53.2 Å². The Bertz CT molecular complexity index is 1240. The lowest BCUT2D eigenvalue weighted by atomic mass is 10.2. The van der Waals surface area contributed by atoms with Crippen molar-refractivity contribution >= 4 is 27.0 Å². The molecule has 9 heteroatoms. The first-order chi connectivity index (χ1) is 16.5. The van der Waals surface area contributed by atoms with Crippen LogP contribution in [0.15, 0.2) is 63.8 Å². The Labute approximate surface area is 205 Å². The van der Waals surface area contributed by atoms with Crippen molar-refractivity contribution in [3.63, 3.8) is 0 Å². The summed E-state index contributed by atoms with van der Waals surface area (Å²) in [5, 5.41) is 2.05. The van der Waals surface area contributed by atoms with E-state index in [-0.39, 0.29) is 0 Å². The molecular weight excluding hydrogens is 470 g/mol. The highest BCUT2D eigenvalue weighted by Crippen LogP contribution is 2.26. The van der Waals surface area contributed by atoms with Gasteiger partial charge in [-0.1, -0.05) is 25.0 Å². The molecule has 1 aliphatic rings. The monoisotopic (exact) mass is 501 g/mol. The molecule has 0 saturated carbocycles. The van der Waals surface area contributed by atoms with Crippen molar-refractivity contribution in [1.82, 2.24) is 8.87 Å². The molecule has 0 unspecified atom stereocenters.